The smallest absolute Gasteiger partial charge is 0.177 e. The van der Waals surface area contributed by atoms with Crippen molar-refractivity contribution in [1.82, 2.24) is 9.97 Å². The minimum Gasteiger partial charge on any atom is -0.253 e. The van der Waals surface area contributed by atoms with Crippen molar-refractivity contribution in [2.75, 3.05) is 0 Å². The zero-order valence-electron chi connectivity index (χ0n) is 26.5. The van der Waals surface area contributed by atoms with E-state index >= 15 is 0 Å². The summed E-state index contributed by atoms with van der Waals surface area (Å²) in [7, 11) is 0. The summed E-state index contributed by atoms with van der Waals surface area (Å²) >= 11 is 3.55. The molecule has 6 heteroatoms. The van der Waals surface area contributed by atoms with Gasteiger partial charge in [0.05, 0.1) is 24.2 Å². The number of hydrogen-bond donors (Lipinski definition) is 0. The van der Waals surface area contributed by atoms with E-state index in [9.17, 15) is 0 Å². The zero-order valence-corrected chi connectivity index (χ0v) is 28.1. The Morgan fingerprint density at radius 3 is 1.58 bits per heavy atom. The Balaban J connectivity index is 1.29. The SMILES string of the molecule is [C-]#[N+]c1cc([N+]#[C-])cc(-c2cc3c(-c4ccccc4)c4sc(-c5ccc(-c6cccc7nccnc67)cc5)cc4c(-c4ccccc4)c3s2)c1. The van der Waals surface area contributed by atoms with Crippen molar-refractivity contribution in [2.45, 2.75) is 0 Å². The molecule has 232 valence electrons. The molecule has 0 N–H and O–H groups in total. The van der Waals surface area contributed by atoms with Crippen LogP contribution in [0, 0.1) is 13.1 Å². The van der Waals surface area contributed by atoms with Crippen molar-refractivity contribution in [3.8, 4) is 54.3 Å². The molecular formula is C44H24N4S2. The summed E-state index contributed by atoms with van der Waals surface area (Å²) in [6.07, 6.45) is 3.48. The summed E-state index contributed by atoms with van der Waals surface area (Å²) in [5, 5.41) is 2.38. The summed E-state index contributed by atoms with van der Waals surface area (Å²) in [6.45, 7) is 15.3. The van der Waals surface area contributed by atoms with Gasteiger partial charge < -0.3 is 0 Å². The lowest BCUT2D eigenvalue weighted by Gasteiger charge is -2.12. The fourth-order valence-corrected chi connectivity index (χ4v) is 9.23. The zero-order chi connectivity index (χ0) is 33.6. The molecule has 0 radical (unpaired) electrons. The second kappa shape index (κ2) is 12.2. The van der Waals surface area contributed by atoms with Gasteiger partial charge in [-0.25, -0.2) is 9.69 Å². The van der Waals surface area contributed by atoms with Crippen LogP contribution in [0.4, 0.5) is 11.4 Å². The predicted molar refractivity (Wildman–Crippen MR) is 210 cm³/mol. The van der Waals surface area contributed by atoms with Gasteiger partial charge in [-0.1, -0.05) is 115 Å². The number of aromatic nitrogens is 2. The lowest BCUT2D eigenvalue weighted by molar-refractivity contribution is 1.29. The van der Waals surface area contributed by atoms with Crippen LogP contribution in [0.2, 0.25) is 0 Å². The monoisotopic (exact) mass is 672 g/mol. The summed E-state index contributed by atoms with van der Waals surface area (Å²) in [5.41, 5.74) is 11.7. The van der Waals surface area contributed by atoms with Gasteiger partial charge in [0, 0.05) is 59.0 Å². The summed E-state index contributed by atoms with van der Waals surface area (Å²) in [6, 6.07) is 46.2. The van der Waals surface area contributed by atoms with Crippen LogP contribution in [0.15, 0.2) is 146 Å². The average molecular weight is 673 g/mol. The minimum absolute atomic E-state index is 0.475. The number of para-hydroxylation sites is 1. The number of thiophene rings is 2. The van der Waals surface area contributed by atoms with Crippen LogP contribution in [0.25, 0.3) is 95.2 Å². The Kier molecular flexibility index (Phi) is 7.25. The Bertz CT molecular complexity index is 2690. The van der Waals surface area contributed by atoms with E-state index in [4.69, 9.17) is 13.1 Å². The predicted octanol–water partition coefficient (Wildman–Crippen LogP) is 13.5. The largest absolute Gasteiger partial charge is 0.253 e. The van der Waals surface area contributed by atoms with Crippen molar-refractivity contribution in [3.05, 3.63) is 169 Å². The van der Waals surface area contributed by atoms with E-state index in [0.717, 1.165) is 49.3 Å². The van der Waals surface area contributed by atoms with Crippen LogP contribution in [-0.4, -0.2) is 9.97 Å². The molecular weight excluding hydrogens is 649 g/mol. The van der Waals surface area contributed by atoms with Gasteiger partial charge in [0.25, 0.3) is 0 Å². The minimum atomic E-state index is 0.475. The lowest BCUT2D eigenvalue weighted by atomic mass is 9.93. The molecule has 3 heterocycles. The number of fused-ring (bicyclic) bond motifs is 3. The third-order valence-electron chi connectivity index (χ3n) is 9.01. The first kappa shape index (κ1) is 29.7. The highest BCUT2D eigenvalue weighted by molar-refractivity contribution is 7.25. The van der Waals surface area contributed by atoms with Crippen molar-refractivity contribution in [1.29, 1.82) is 0 Å². The molecule has 9 aromatic rings. The van der Waals surface area contributed by atoms with Gasteiger partial charge in [-0.15, -0.1) is 22.7 Å². The van der Waals surface area contributed by atoms with Gasteiger partial charge in [0.15, 0.2) is 11.4 Å². The molecule has 50 heavy (non-hydrogen) atoms. The highest BCUT2D eigenvalue weighted by Crippen LogP contribution is 2.52. The van der Waals surface area contributed by atoms with Crippen molar-refractivity contribution >= 4 is 65.3 Å². The van der Waals surface area contributed by atoms with Gasteiger partial charge in [0.2, 0.25) is 0 Å². The van der Waals surface area contributed by atoms with Gasteiger partial charge >= 0.3 is 0 Å². The maximum Gasteiger partial charge on any atom is 0.177 e. The first-order valence-electron chi connectivity index (χ1n) is 16.0. The molecule has 0 unspecified atom stereocenters. The molecule has 0 spiro atoms. The van der Waals surface area contributed by atoms with Gasteiger partial charge in [0.1, 0.15) is 0 Å². The lowest BCUT2D eigenvalue weighted by Crippen LogP contribution is -1.86. The van der Waals surface area contributed by atoms with E-state index in [1.165, 1.54) is 36.2 Å². The van der Waals surface area contributed by atoms with Crippen LogP contribution in [0.3, 0.4) is 0 Å². The Labute approximate surface area is 296 Å². The summed E-state index contributed by atoms with van der Waals surface area (Å²) in [5.74, 6) is 0. The molecule has 9 rings (SSSR count). The van der Waals surface area contributed by atoms with Crippen molar-refractivity contribution in [3.63, 3.8) is 0 Å². The van der Waals surface area contributed by atoms with E-state index in [2.05, 4.69) is 123 Å². The molecule has 0 aliphatic carbocycles. The second-order valence-electron chi connectivity index (χ2n) is 12.0. The number of nitrogens with zero attached hydrogens (tertiary/aromatic N) is 4. The third-order valence-corrected chi connectivity index (χ3v) is 11.4. The average Bonchev–Trinajstić information content (AvgIpc) is 3.83. The van der Waals surface area contributed by atoms with Crippen LogP contribution in [0.1, 0.15) is 0 Å². The maximum atomic E-state index is 7.65. The van der Waals surface area contributed by atoms with Gasteiger partial charge in [-0.2, -0.15) is 0 Å². The van der Waals surface area contributed by atoms with Crippen LogP contribution in [0.5, 0.6) is 0 Å². The topological polar surface area (TPSA) is 34.5 Å². The number of hydrogen-bond acceptors (Lipinski definition) is 4. The molecule has 0 amide bonds. The van der Waals surface area contributed by atoms with E-state index in [1.54, 1.807) is 29.8 Å². The molecule has 0 aliphatic heterocycles. The molecule has 0 saturated carbocycles. The standard InChI is InChI=1S/C44H24N4S2/c1-45-32-22-31(23-33(24-32)46-2)39-26-36-41(30-12-7-4-8-13-30)43-35(40(44(36)50-39)29-10-5-3-6-11-29)25-38(49-43)28-18-16-27(17-19-28)34-14-9-15-37-42(34)48-21-20-47-37/h3-26H. The molecule has 3 aromatic heterocycles. The first-order valence-corrected chi connectivity index (χ1v) is 17.7. The number of rotatable bonds is 5. The second-order valence-corrected chi connectivity index (χ2v) is 14.1. The molecule has 0 aliphatic rings. The highest BCUT2D eigenvalue weighted by atomic mass is 32.1. The Morgan fingerprint density at radius 2 is 1.00 bits per heavy atom. The molecule has 6 aromatic carbocycles. The fraction of sp³-hybridized carbons (Fsp3) is 0. The van der Waals surface area contributed by atoms with Crippen LogP contribution >= 0.6 is 22.7 Å². The first-order chi connectivity index (χ1) is 24.7. The fourth-order valence-electron chi connectivity index (χ4n) is 6.74. The quantitative estimate of drug-likeness (QED) is 0.171. The van der Waals surface area contributed by atoms with Gasteiger partial charge in [-0.3, -0.25) is 9.97 Å². The van der Waals surface area contributed by atoms with Crippen molar-refractivity contribution < 1.29 is 0 Å². The summed E-state index contributed by atoms with van der Waals surface area (Å²) in [4.78, 5) is 18.7. The normalized spacial score (nSPS) is 11.2. The highest BCUT2D eigenvalue weighted by Gasteiger charge is 2.22. The molecule has 0 bridgehead atoms. The van der Waals surface area contributed by atoms with Crippen LogP contribution < -0.4 is 0 Å². The van der Waals surface area contributed by atoms with E-state index in [0.29, 0.717) is 11.4 Å². The molecule has 0 saturated heterocycles. The molecule has 4 nitrogen and oxygen atoms in total. The van der Waals surface area contributed by atoms with Gasteiger partial charge in [-0.05, 0) is 46.0 Å². The molecule has 0 fully saturated rings. The van der Waals surface area contributed by atoms with E-state index in [1.807, 2.05) is 35.6 Å². The Morgan fingerprint density at radius 1 is 0.460 bits per heavy atom. The third kappa shape index (κ3) is 5.03. The maximum absolute atomic E-state index is 7.65. The van der Waals surface area contributed by atoms with E-state index in [-0.39, 0.29) is 0 Å². The van der Waals surface area contributed by atoms with Crippen LogP contribution in [-0.2, 0) is 0 Å². The molecule has 0 atom stereocenters. The summed E-state index contributed by atoms with van der Waals surface area (Å²) < 4.78 is 2.42. The number of benzene rings is 6. The Hall–Kier alpha value is -6.44. The van der Waals surface area contributed by atoms with Crippen molar-refractivity contribution in [2.24, 2.45) is 0 Å². The van der Waals surface area contributed by atoms with E-state index < -0.39 is 0 Å².